The second-order valence-electron chi connectivity index (χ2n) is 5.70. The number of aryl methyl sites for hydroxylation is 2. The van der Waals surface area contributed by atoms with Crippen molar-refractivity contribution in [3.8, 4) is 0 Å². The van der Waals surface area contributed by atoms with Gasteiger partial charge in [-0.05, 0) is 39.3 Å². The highest BCUT2D eigenvalue weighted by atomic mass is 16.1. The first-order valence-corrected chi connectivity index (χ1v) is 7.18. The van der Waals surface area contributed by atoms with Crippen LogP contribution in [0.5, 0.6) is 0 Å². The summed E-state index contributed by atoms with van der Waals surface area (Å²) in [5.74, 6) is 0.995. The fourth-order valence-corrected chi connectivity index (χ4v) is 3.51. The summed E-state index contributed by atoms with van der Waals surface area (Å²) in [6, 6.07) is 0.650. The number of aldehydes is 1. The van der Waals surface area contributed by atoms with Crippen molar-refractivity contribution in [1.29, 1.82) is 0 Å². The molecule has 19 heavy (non-hydrogen) atoms. The smallest absolute Gasteiger partial charge is 0.155 e. The first kappa shape index (κ1) is 12.7. The maximum absolute atomic E-state index is 11.3. The molecule has 0 saturated carbocycles. The molecule has 1 aromatic heterocycles. The highest BCUT2D eigenvalue weighted by molar-refractivity contribution is 5.84. The molecule has 104 valence electrons. The molecule has 2 aliphatic heterocycles. The Morgan fingerprint density at radius 2 is 2.00 bits per heavy atom. The predicted octanol–water partition coefficient (Wildman–Crippen LogP) is 1.22. The molecule has 3 heterocycles. The zero-order valence-electron chi connectivity index (χ0n) is 11.8. The van der Waals surface area contributed by atoms with Crippen LogP contribution in [0.3, 0.4) is 0 Å². The summed E-state index contributed by atoms with van der Waals surface area (Å²) in [4.78, 5) is 16.2. The van der Waals surface area contributed by atoms with Gasteiger partial charge in [0.1, 0.15) is 5.82 Å². The topological polar surface area (TPSA) is 41.4 Å². The lowest BCUT2D eigenvalue weighted by atomic mass is 10.2. The Bertz CT molecular complexity index is 476. The van der Waals surface area contributed by atoms with Crippen molar-refractivity contribution >= 4 is 12.1 Å². The molecule has 0 aromatic carbocycles. The second kappa shape index (κ2) is 4.96. The Morgan fingerprint density at radius 1 is 1.26 bits per heavy atom. The Hall–Kier alpha value is -1.36. The van der Waals surface area contributed by atoms with Crippen LogP contribution in [-0.4, -0.2) is 53.2 Å². The summed E-state index contributed by atoms with van der Waals surface area (Å²) in [5.41, 5.74) is 1.58. The van der Waals surface area contributed by atoms with E-state index in [0.29, 0.717) is 6.04 Å². The van der Waals surface area contributed by atoms with E-state index in [9.17, 15) is 4.79 Å². The van der Waals surface area contributed by atoms with Gasteiger partial charge in [-0.15, -0.1) is 0 Å². The van der Waals surface area contributed by atoms with E-state index in [4.69, 9.17) is 0 Å². The molecule has 5 nitrogen and oxygen atoms in total. The van der Waals surface area contributed by atoms with E-state index in [1.165, 1.54) is 32.4 Å². The molecule has 3 rings (SSSR count). The maximum atomic E-state index is 11.3. The largest absolute Gasteiger partial charge is 0.355 e. The van der Waals surface area contributed by atoms with Gasteiger partial charge in [0.2, 0.25) is 0 Å². The fourth-order valence-electron chi connectivity index (χ4n) is 3.51. The van der Waals surface area contributed by atoms with E-state index in [1.54, 1.807) is 0 Å². The number of carbonyl (C=O) groups is 1. The summed E-state index contributed by atoms with van der Waals surface area (Å²) >= 11 is 0. The number of rotatable bonds is 3. The molecule has 1 unspecified atom stereocenters. The SMILES string of the molecule is Cc1nn(C)c(N2CCC(N3CCCC3)C2)c1C=O. The van der Waals surface area contributed by atoms with Crippen LogP contribution in [0.25, 0.3) is 0 Å². The first-order chi connectivity index (χ1) is 9.20. The predicted molar refractivity (Wildman–Crippen MR) is 74.8 cm³/mol. The van der Waals surface area contributed by atoms with Gasteiger partial charge in [-0.2, -0.15) is 5.10 Å². The average Bonchev–Trinajstić information content (AvgIpc) is 3.07. The minimum absolute atomic E-state index is 0.650. The van der Waals surface area contributed by atoms with Gasteiger partial charge in [-0.1, -0.05) is 0 Å². The quantitative estimate of drug-likeness (QED) is 0.768. The van der Waals surface area contributed by atoms with Gasteiger partial charge >= 0.3 is 0 Å². The summed E-state index contributed by atoms with van der Waals surface area (Å²) in [6.07, 6.45) is 4.81. The number of aromatic nitrogens is 2. The average molecular weight is 262 g/mol. The van der Waals surface area contributed by atoms with E-state index in [1.807, 2.05) is 18.7 Å². The summed E-state index contributed by atoms with van der Waals surface area (Å²) in [5, 5.41) is 4.38. The van der Waals surface area contributed by atoms with Crippen LogP contribution in [0.4, 0.5) is 5.82 Å². The van der Waals surface area contributed by atoms with Crippen molar-refractivity contribution in [2.24, 2.45) is 7.05 Å². The van der Waals surface area contributed by atoms with Gasteiger partial charge in [0, 0.05) is 26.2 Å². The van der Waals surface area contributed by atoms with Crippen LogP contribution in [0.2, 0.25) is 0 Å². The Labute approximate surface area is 114 Å². The lowest BCUT2D eigenvalue weighted by Crippen LogP contribution is -2.35. The molecular formula is C14H22N4O. The maximum Gasteiger partial charge on any atom is 0.155 e. The Morgan fingerprint density at radius 3 is 2.68 bits per heavy atom. The number of anilines is 1. The molecule has 0 radical (unpaired) electrons. The zero-order chi connectivity index (χ0) is 13.4. The third kappa shape index (κ3) is 2.16. The van der Waals surface area contributed by atoms with Gasteiger partial charge in [0.05, 0.1) is 11.3 Å². The Kier molecular flexibility index (Phi) is 3.31. The molecule has 1 atom stereocenters. The summed E-state index contributed by atoms with van der Waals surface area (Å²) in [7, 11) is 1.93. The standard InChI is InChI=1S/C14H22N4O/c1-11-13(10-19)14(16(2)15-11)18-8-5-12(9-18)17-6-3-4-7-17/h10,12H,3-9H2,1-2H3. The zero-order valence-corrected chi connectivity index (χ0v) is 11.8. The van der Waals surface area contributed by atoms with Crippen molar-refractivity contribution in [2.45, 2.75) is 32.2 Å². The molecule has 2 fully saturated rings. The molecule has 1 aromatic rings. The first-order valence-electron chi connectivity index (χ1n) is 7.18. The van der Waals surface area contributed by atoms with E-state index in [2.05, 4.69) is 14.9 Å². The van der Waals surface area contributed by atoms with E-state index in [-0.39, 0.29) is 0 Å². The molecule has 0 N–H and O–H groups in total. The lowest BCUT2D eigenvalue weighted by Gasteiger charge is -2.24. The van der Waals surface area contributed by atoms with Crippen molar-refractivity contribution in [3.63, 3.8) is 0 Å². The van der Waals surface area contributed by atoms with Crippen molar-refractivity contribution in [3.05, 3.63) is 11.3 Å². The minimum atomic E-state index is 0.650. The monoisotopic (exact) mass is 262 g/mol. The number of nitrogens with zero attached hydrogens (tertiary/aromatic N) is 4. The molecule has 5 heteroatoms. The van der Waals surface area contributed by atoms with Crippen LogP contribution in [0, 0.1) is 6.92 Å². The number of carbonyl (C=O) groups excluding carboxylic acids is 1. The normalized spacial score (nSPS) is 24.3. The molecular weight excluding hydrogens is 240 g/mol. The highest BCUT2D eigenvalue weighted by Gasteiger charge is 2.31. The van der Waals surface area contributed by atoms with Crippen LogP contribution < -0.4 is 4.90 Å². The number of hydrogen-bond donors (Lipinski definition) is 0. The van der Waals surface area contributed by atoms with Crippen molar-refractivity contribution in [1.82, 2.24) is 14.7 Å². The van der Waals surface area contributed by atoms with E-state index >= 15 is 0 Å². The third-order valence-electron chi connectivity index (χ3n) is 4.48. The minimum Gasteiger partial charge on any atom is -0.355 e. The summed E-state index contributed by atoms with van der Waals surface area (Å²) in [6.45, 7) is 6.44. The van der Waals surface area contributed by atoms with E-state index < -0.39 is 0 Å². The van der Waals surface area contributed by atoms with Crippen molar-refractivity contribution < 1.29 is 4.79 Å². The molecule has 2 aliphatic rings. The number of likely N-dealkylation sites (tertiary alicyclic amines) is 1. The van der Waals surface area contributed by atoms with Crippen LogP contribution >= 0.6 is 0 Å². The molecule has 0 bridgehead atoms. The van der Waals surface area contributed by atoms with Crippen LogP contribution in [-0.2, 0) is 7.05 Å². The van der Waals surface area contributed by atoms with Gasteiger partial charge in [0.15, 0.2) is 6.29 Å². The fraction of sp³-hybridized carbons (Fsp3) is 0.714. The molecule has 2 saturated heterocycles. The molecule has 0 spiro atoms. The van der Waals surface area contributed by atoms with Gasteiger partial charge in [-0.3, -0.25) is 14.4 Å². The lowest BCUT2D eigenvalue weighted by molar-refractivity contribution is 0.112. The van der Waals surface area contributed by atoms with Gasteiger partial charge in [0.25, 0.3) is 0 Å². The van der Waals surface area contributed by atoms with Gasteiger partial charge < -0.3 is 4.90 Å². The second-order valence-corrected chi connectivity index (χ2v) is 5.70. The third-order valence-corrected chi connectivity index (χ3v) is 4.48. The Balaban J connectivity index is 1.79. The highest BCUT2D eigenvalue weighted by Crippen LogP contribution is 2.28. The molecule has 0 amide bonds. The van der Waals surface area contributed by atoms with Crippen LogP contribution in [0.1, 0.15) is 35.3 Å². The van der Waals surface area contributed by atoms with Gasteiger partial charge in [-0.25, -0.2) is 0 Å². The van der Waals surface area contributed by atoms with Crippen molar-refractivity contribution in [2.75, 3.05) is 31.1 Å². The summed E-state index contributed by atoms with van der Waals surface area (Å²) < 4.78 is 1.85. The van der Waals surface area contributed by atoms with Crippen LogP contribution in [0.15, 0.2) is 0 Å². The number of hydrogen-bond acceptors (Lipinski definition) is 4. The van der Waals surface area contributed by atoms with E-state index in [0.717, 1.165) is 36.5 Å². The molecule has 0 aliphatic carbocycles.